The summed E-state index contributed by atoms with van der Waals surface area (Å²) in [6, 6.07) is 1.07. The van der Waals surface area contributed by atoms with Gasteiger partial charge in [-0.2, -0.15) is 0 Å². The van der Waals surface area contributed by atoms with E-state index in [1.807, 2.05) is 20.8 Å². The van der Waals surface area contributed by atoms with Gasteiger partial charge in [0.05, 0.1) is 6.61 Å². The van der Waals surface area contributed by atoms with E-state index in [0.29, 0.717) is 6.61 Å². The fraction of sp³-hybridized carbons (Fsp3) is 0.750. The summed E-state index contributed by atoms with van der Waals surface area (Å²) in [4.78, 5) is 10.5. The molecule has 0 aliphatic rings. The molecule has 0 fully saturated rings. The highest BCUT2D eigenvalue weighted by Gasteiger charge is 1.94. The van der Waals surface area contributed by atoms with Crippen LogP contribution < -0.4 is 0 Å². The molecule has 0 saturated heterocycles. The van der Waals surface area contributed by atoms with Gasteiger partial charge < -0.3 is 18.0 Å². The lowest BCUT2D eigenvalue weighted by atomic mass is 10.5. The number of ether oxygens (including phenoxy) is 1. The summed E-state index contributed by atoms with van der Waals surface area (Å²) in [6.07, 6.45) is 2.09. The molecule has 19 heavy (non-hydrogen) atoms. The van der Waals surface area contributed by atoms with Gasteiger partial charge in [-0.25, -0.2) is 4.79 Å². The third kappa shape index (κ3) is 23.1. The van der Waals surface area contributed by atoms with Gasteiger partial charge in [0.15, 0.2) is 9.76 Å². The molecule has 5 nitrogen and oxygen atoms in total. The standard InChI is InChI=1S/C8H16O3Si.C4H12O2Si/c1-3-8(9)10-6-5-7-12-11-4-2;1-3-5-7-6-4-2/h3H,1,4-7,12H2,2H3;3-4,7H2,1-2H3. The predicted molar refractivity (Wildman–Crippen MR) is 82.5 cm³/mol. The lowest BCUT2D eigenvalue weighted by Gasteiger charge is -2.01. The minimum atomic E-state index is -0.589. The van der Waals surface area contributed by atoms with Gasteiger partial charge >= 0.3 is 16.0 Å². The quantitative estimate of drug-likeness (QED) is 0.243. The highest BCUT2D eigenvalue weighted by atomic mass is 28.3. The first-order valence-electron chi connectivity index (χ1n) is 6.75. The van der Waals surface area contributed by atoms with E-state index in [2.05, 4.69) is 6.58 Å². The second-order valence-electron chi connectivity index (χ2n) is 3.38. The van der Waals surface area contributed by atoms with Crippen LogP contribution in [-0.4, -0.2) is 52.2 Å². The Labute approximate surface area is 121 Å². The van der Waals surface area contributed by atoms with Crippen molar-refractivity contribution >= 4 is 25.7 Å². The molecule has 0 aromatic rings. The Hall–Kier alpha value is -0.476. The molecule has 0 rings (SSSR count). The largest absolute Gasteiger partial charge is 0.463 e. The van der Waals surface area contributed by atoms with Crippen LogP contribution in [0, 0.1) is 0 Å². The molecule has 0 saturated carbocycles. The van der Waals surface area contributed by atoms with Crippen molar-refractivity contribution in [1.82, 2.24) is 0 Å². The summed E-state index contributed by atoms with van der Waals surface area (Å²) in [5.74, 6) is -0.340. The van der Waals surface area contributed by atoms with Crippen LogP contribution in [0.25, 0.3) is 0 Å². The SMILES string of the molecule is C=CC(=O)OCCC[SiH2]OCC.CCO[SiH2]OCC. The van der Waals surface area contributed by atoms with E-state index in [1.54, 1.807) is 0 Å². The van der Waals surface area contributed by atoms with Crippen molar-refractivity contribution in [3.8, 4) is 0 Å². The number of hydrogen-bond donors (Lipinski definition) is 0. The van der Waals surface area contributed by atoms with Crippen molar-refractivity contribution in [2.75, 3.05) is 26.4 Å². The smallest absolute Gasteiger partial charge is 0.330 e. The molecule has 0 heterocycles. The average Bonchev–Trinajstić information content (AvgIpc) is 2.43. The summed E-state index contributed by atoms with van der Waals surface area (Å²) in [6.45, 7) is 12.1. The summed E-state index contributed by atoms with van der Waals surface area (Å²) in [5.41, 5.74) is 0. The lowest BCUT2D eigenvalue weighted by molar-refractivity contribution is -0.137. The number of hydrogen-bond acceptors (Lipinski definition) is 5. The number of esters is 1. The highest BCUT2D eigenvalue weighted by molar-refractivity contribution is 6.26. The van der Waals surface area contributed by atoms with Crippen LogP contribution in [0.4, 0.5) is 0 Å². The number of rotatable bonds is 11. The van der Waals surface area contributed by atoms with Crippen molar-refractivity contribution in [3.63, 3.8) is 0 Å². The minimum absolute atomic E-state index is 0.340. The number of carbonyl (C=O) groups is 1. The van der Waals surface area contributed by atoms with Gasteiger partial charge in [-0.1, -0.05) is 6.58 Å². The summed E-state index contributed by atoms with van der Waals surface area (Å²) < 4.78 is 20.0. The van der Waals surface area contributed by atoms with Crippen LogP contribution in [0.5, 0.6) is 0 Å². The highest BCUT2D eigenvalue weighted by Crippen LogP contribution is 1.91. The molecular weight excluding hydrogens is 280 g/mol. The van der Waals surface area contributed by atoms with E-state index < -0.39 is 10.0 Å². The van der Waals surface area contributed by atoms with E-state index >= 15 is 0 Å². The summed E-state index contributed by atoms with van der Waals surface area (Å²) in [7, 11) is -0.946. The molecule has 0 spiro atoms. The first kappa shape index (κ1) is 20.8. The Morgan fingerprint density at radius 2 is 1.68 bits per heavy atom. The van der Waals surface area contributed by atoms with Gasteiger partial charge in [0.1, 0.15) is 0 Å². The third-order valence-electron chi connectivity index (χ3n) is 1.87. The van der Waals surface area contributed by atoms with E-state index in [9.17, 15) is 4.79 Å². The summed E-state index contributed by atoms with van der Waals surface area (Å²) in [5, 5.41) is 0. The lowest BCUT2D eigenvalue weighted by Crippen LogP contribution is -2.04. The first-order chi connectivity index (χ1) is 9.22. The first-order valence-corrected chi connectivity index (χ1v) is 9.48. The second kappa shape index (κ2) is 19.9. The maximum Gasteiger partial charge on any atom is 0.330 e. The van der Waals surface area contributed by atoms with Crippen LogP contribution in [0.3, 0.4) is 0 Å². The molecule has 0 N–H and O–H groups in total. The Morgan fingerprint density at radius 1 is 1.11 bits per heavy atom. The van der Waals surface area contributed by atoms with Crippen LogP contribution >= 0.6 is 0 Å². The molecule has 0 aliphatic heterocycles. The molecule has 0 atom stereocenters. The topological polar surface area (TPSA) is 54.0 Å². The third-order valence-corrected chi connectivity index (χ3v) is 4.51. The van der Waals surface area contributed by atoms with E-state index in [1.165, 1.54) is 6.08 Å². The van der Waals surface area contributed by atoms with Crippen molar-refractivity contribution < 1.29 is 22.8 Å². The second-order valence-corrected chi connectivity index (χ2v) is 5.95. The minimum Gasteiger partial charge on any atom is -0.463 e. The van der Waals surface area contributed by atoms with Gasteiger partial charge in [-0.3, -0.25) is 0 Å². The maximum atomic E-state index is 10.5. The summed E-state index contributed by atoms with van der Waals surface area (Å²) >= 11 is 0. The molecule has 0 aromatic carbocycles. The maximum absolute atomic E-state index is 10.5. The Kier molecular flexibility index (Phi) is 21.8. The molecule has 0 aliphatic carbocycles. The van der Waals surface area contributed by atoms with Gasteiger partial charge in [0.25, 0.3) is 0 Å². The molecule has 0 radical (unpaired) electrons. The van der Waals surface area contributed by atoms with Gasteiger partial charge in [-0.05, 0) is 33.2 Å². The van der Waals surface area contributed by atoms with Gasteiger partial charge in [0.2, 0.25) is 0 Å². The molecule has 0 aromatic heterocycles. The Balaban J connectivity index is 0. The molecule has 7 heteroatoms. The van der Waals surface area contributed by atoms with Crippen molar-refractivity contribution in [3.05, 3.63) is 12.7 Å². The average molecular weight is 309 g/mol. The Bertz CT molecular complexity index is 199. The molecular formula is C12H28O5Si2. The molecule has 0 amide bonds. The van der Waals surface area contributed by atoms with Crippen LogP contribution in [-0.2, 0) is 22.8 Å². The molecule has 114 valence electrons. The number of carbonyl (C=O) groups excluding carboxylic acids is 1. The van der Waals surface area contributed by atoms with Crippen molar-refractivity contribution in [2.24, 2.45) is 0 Å². The van der Waals surface area contributed by atoms with Gasteiger partial charge in [-0.15, -0.1) is 0 Å². The van der Waals surface area contributed by atoms with E-state index in [-0.39, 0.29) is 15.7 Å². The zero-order chi connectivity index (χ0) is 14.8. The van der Waals surface area contributed by atoms with Gasteiger partial charge in [0, 0.05) is 25.9 Å². The van der Waals surface area contributed by atoms with Crippen LogP contribution in [0.2, 0.25) is 6.04 Å². The van der Waals surface area contributed by atoms with E-state index in [4.69, 9.17) is 18.0 Å². The predicted octanol–water partition coefficient (Wildman–Crippen LogP) is 0.702. The zero-order valence-electron chi connectivity index (χ0n) is 12.5. The molecule has 0 unspecified atom stereocenters. The fourth-order valence-corrected chi connectivity index (χ4v) is 2.26. The zero-order valence-corrected chi connectivity index (χ0v) is 15.3. The fourth-order valence-electron chi connectivity index (χ4n) is 0.908. The normalized spacial score (nSPS) is 10.1. The van der Waals surface area contributed by atoms with Crippen LogP contribution in [0.1, 0.15) is 27.2 Å². The van der Waals surface area contributed by atoms with Crippen molar-refractivity contribution in [2.45, 2.75) is 33.2 Å². The van der Waals surface area contributed by atoms with Crippen LogP contribution in [0.15, 0.2) is 12.7 Å². The van der Waals surface area contributed by atoms with Crippen molar-refractivity contribution in [1.29, 1.82) is 0 Å². The Morgan fingerprint density at radius 3 is 2.16 bits per heavy atom. The van der Waals surface area contributed by atoms with E-state index in [0.717, 1.165) is 32.3 Å². The molecule has 0 bridgehead atoms. The monoisotopic (exact) mass is 308 g/mol.